The number of imidazole rings is 1. The van der Waals surface area contributed by atoms with Gasteiger partial charge in [-0.3, -0.25) is 33.7 Å². The number of benzene rings is 3. The minimum absolute atomic E-state index is 0.0356. The Morgan fingerprint density at radius 2 is 1.59 bits per heavy atom. The van der Waals surface area contributed by atoms with Gasteiger partial charge in [-0.15, -0.1) is 0 Å². The highest BCUT2D eigenvalue weighted by Crippen LogP contribution is 2.39. The van der Waals surface area contributed by atoms with Crippen molar-refractivity contribution in [3.63, 3.8) is 0 Å². The molecule has 82 heavy (non-hydrogen) atoms. The quantitative estimate of drug-likeness (QED) is 0.0310. The first-order valence-electron chi connectivity index (χ1n) is 28.0. The summed E-state index contributed by atoms with van der Waals surface area (Å²) in [4.78, 5) is 113. The highest BCUT2D eigenvalue weighted by molar-refractivity contribution is 6.12. The number of unbranched alkanes of at least 4 members (excludes halogenated alkanes) is 2. The molecule has 9 amide bonds. The molecule has 3 aliphatic rings. The van der Waals surface area contributed by atoms with Gasteiger partial charge in [-0.1, -0.05) is 62.7 Å². The SMILES string of the molecule is CC(C)[C@H](NC(=O)CCCCCN1C(=O)C=CC1=O)C(=O)N[C@@H](CCCNC(N)=O)C(=O)Nc1ccc(COC(=O)N2CC[C@H](CN(C(=O)[C@H](C)O)[C@@H](c3nc(-c4cc(F)ccc4F)cn3Cc3ccccc3)C3CCOCC3)C2)cc1. The van der Waals surface area contributed by atoms with E-state index in [0.717, 1.165) is 28.7 Å². The van der Waals surface area contributed by atoms with Gasteiger partial charge in [-0.25, -0.2) is 23.4 Å². The number of hydrogen-bond acceptors (Lipinski definition) is 12. The number of ether oxygens (including phenoxy) is 2. The zero-order chi connectivity index (χ0) is 58.9. The van der Waals surface area contributed by atoms with Gasteiger partial charge in [0.15, 0.2) is 0 Å². The summed E-state index contributed by atoms with van der Waals surface area (Å²) in [5, 5.41) is 21.7. The molecule has 23 heteroatoms. The maximum atomic E-state index is 15.4. The molecule has 1 aromatic heterocycles. The number of nitrogens with zero attached hydrogens (tertiary/aromatic N) is 5. The van der Waals surface area contributed by atoms with E-state index in [1.807, 2.05) is 34.9 Å². The second kappa shape index (κ2) is 29.6. The van der Waals surface area contributed by atoms with Crippen LogP contribution in [0.4, 0.5) is 24.1 Å². The minimum Gasteiger partial charge on any atom is -0.445 e. The van der Waals surface area contributed by atoms with E-state index in [1.165, 1.54) is 19.1 Å². The van der Waals surface area contributed by atoms with Gasteiger partial charge in [0.25, 0.3) is 17.7 Å². The zero-order valence-corrected chi connectivity index (χ0v) is 46.5. The number of carbonyl (C=O) groups is 8. The number of aliphatic hydroxyl groups excluding tert-OH is 1. The summed E-state index contributed by atoms with van der Waals surface area (Å²) >= 11 is 0. The number of hydrogen-bond donors (Lipinski definition) is 6. The van der Waals surface area contributed by atoms with Crippen LogP contribution in [0.25, 0.3) is 11.3 Å². The molecule has 3 aromatic carbocycles. The highest BCUT2D eigenvalue weighted by atomic mass is 19.1. The molecule has 0 spiro atoms. The predicted molar refractivity (Wildman–Crippen MR) is 298 cm³/mol. The van der Waals surface area contributed by atoms with E-state index >= 15 is 4.39 Å². The van der Waals surface area contributed by atoms with Gasteiger partial charge < -0.3 is 55.9 Å². The van der Waals surface area contributed by atoms with Crippen LogP contribution in [-0.2, 0) is 51.4 Å². The van der Waals surface area contributed by atoms with Crippen molar-refractivity contribution in [3.8, 4) is 11.3 Å². The van der Waals surface area contributed by atoms with Crippen LogP contribution in [0.1, 0.15) is 102 Å². The third-order valence-electron chi connectivity index (χ3n) is 14.8. The molecule has 21 nitrogen and oxygen atoms in total. The lowest BCUT2D eigenvalue weighted by Gasteiger charge is -2.40. The van der Waals surface area contributed by atoms with Gasteiger partial charge in [-0.2, -0.15) is 0 Å². The number of nitrogens with two attached hydrogens (primary N) is 1. The summed E-state index contributed by atoms with van der Waals surface area (Å²) < 4.78 is 43.3. The standard InChI is InChI=1S/C59H74F2N10O11/c1-37(2)52(67-49(73)14-8-5-9-27-70-50(74)21-22-51(70)75)56(77)66-47(13-10-26-63-58(62)79)55(76)64-44-18-15-40(16-19-44)36-82-59(80)68-28-23-41(33-68)34-71(57(78)38(3)72)53(42-24-29-81-30-25-42)54-65-48(45-31-43(60)17-20-46(45)61)35-69(54)32-39-11-6-4-7-12-39/h4,6-7,11-12,15-22,31,35,37-38,41-42,47,52-53,72H,5,8-10,13-14,23-30,32-34,36H2,1-3H3,(H,64,76)(H,66,77)(H,67,73)(H3,62,63,79)/t38-,41-,47-,52-,53+/m0/s1. The number of rotatable bonds is 27. The van der Waals surface area contributed by atoms with Crippen LogP contribution < -0.4 is 27.0 Å². The van der Waals surface area contributed by atoms with E-state index in [-0.39, 0.29) is 98.8 Å². The number of aliphatic hydroxyl groups is 1. The molecule has 7 N–H and O–H groups in total. The first kappa shape index (κ1) is 61.6. The molecule has 440 valence electrons. The van der Waals surface area contributed by atoms with E-state index in [2.05, 4.69) is 21.3 Å². The summed E-state index contributed by atoms with van der Waals surface area (Å²) in [5.41, 5.74) is 7.26. The van der Waals surface area contributed by atoms with Crippen LogP contribution in [0.5, 0.6) is 0 Å². The first-order valence-corrected chi connectivity index (χ1v) is 28.0. The third-order valence-corrected chi connectivity index (χ3v) is 14.8. The molecule has 0 unspecified atom stereocenters. The number of likely N-dealkylation sites (tertiary alicyclic amines) is 1. The maximum absolute atomic E-state index is 15.4. The van der Waals surface area contributed by atoms with Crippen molar-refractivity contribution in [1.82, 2.24) is 40.2 Å². The van der Waals surface area contributed by atoms with Crippen LogP contribution in [-0.4, -0.2) is 141 Å². The van der Waals surface area contributed by atoms with Crippen LogP contribution in [0.15, 0.2) is 91.1 Å². The largest absolute Gasteiger partial charge is 0.445 e. The number of primary amides is 1. The van der Waals surface area contributed by atoms with E-state index in [9.17, 15) is 47.9 Å². The Balaban J connectivity index is 0.962. The van der Waals surface area contributed by atoms with Crippen LogP contribution in [0.3, 0.4) is 0 Å². The normalized spacial score (nSPS) is 16.8. The van der Waals surface area contributed by atoms with E-state index < -0.39 is 65.7 Å². The van der Waals surface area contributed by atoms with Gasteiger partial charge in [0, 0.05) is 88.5 Å². The monoisotopic (exact) mass is 1140 g/mol. The minimum atomic E-state index is -1.40. The molecule has 5 atom stereocenters. The van der Waals surface area contributed by atoms with E-state index in [0.29, 0.717) is 81.9 Å². The van der Waals surface area contributed by atoms with Crippen molar-refractivity contribution in [2.75, 3.05) is 51.3 Å². The molecule has 0 radical (unpaired) electrons. The smallest absolute Gasteiger partial charge is 0.410 e. The van der Waals surface area contributed by atoms with Gasteiger partial charge >= 0.3 is 12.1 Å². The molecule has 4 heterocycles. The van der Waals surface area contributed by atoms with Crippen molar-refractivity contribution in [2.45, 2.75) is 116 Å². The van der Waals surface area contributed by atoms with E-state index in [4.69, 9.17) is 20.2 Å². The number of nitrogens with one attached hydrogen (secondary N) is 4. The Hall–Kier alpha value is -8.05. The summed E-state index contributed by atoms with van der Waals surface area (Å²) in [6.07, 6.45) is 5.75. The van der Waals surface area contributed by atoms with Gasteiger partial charge in [0.1, 0.15) is 42.3 Å². The van der Waals surface area contributed by atoms with Crippen molar-refractivity contribution in [1.29, 1.82) is 0 Å². The first-order chi connectivity index (χ1) is 39.3. The predicted octanol–water partition coefficient (Wildman–Crippen LogP) is 5.71. The Morgan fingerprint density at radius 3 is 2.27 bits per heavy atom. The van der Waals surface area contributed by atoms with Crippen LogP contribution in [0.2, 0.25) is 0 Å². The summed E-state index contributed by atoms with van der Waals surface area (Å²) in [6, 6.07) is 15.7. The van der Waals surface area contributed by atoms with Crippen molar-refractivity contribution >= 4 is 53.3 Å². The molecule has 3 aliphatic heterocycles. The molecule has 7 rings (SSSR count). The highest BCUT2D eigenvalue weighted by Gasteiger charge is 2.41. The average Bonchev–Trinajstić information content (AvgIpc) is 3.77. The fraction of sp³-hybridized carbons (Fsp3) is 0.475. The molecule has 0 aliphatic carbocycles. The number of halogens is 2. The Labute approximate surface area is 475 Å². The summed E-state index contributed by atoms with van der Waals surface area (Å²) in [7, 11) is 0. The fourth-order valence-electron chi connectivity index (χ4n) is 10.4. The maximum Gasteiger partial charge on any atom is 0.410 e. The van der Waals surface area contributed by atoms with E-state index in [1.54, 1.807) is 54.1 Å². The molecule has 0 bridgehead atoms. The average molecular weight is 1140 g/mol. The molecule has 2 fully saturated rings. The zero-order valence-electron chi connectivity index (χ0n) is 46.5. The second-order valence-electron chi connectivity index (χ2n) is 21.4. The Bertz CT molecular complexity index is 2900. The number of urea groups is 1. The topological polar surface area (TPSA) is 277 Å². The van der Waals surface area contributed by atoms with Gasteiger partial charge in [0.05, 0.1) is 11.7 Å². The number of anilines is 1. The lowest BCUT2D eigenvalue weighted by Crippen LogP contribution is -2.54. The molecular formula is C59H74F2N10O11. The second-order valence-corrected chi connectivity index (χ2v) is 21.4. The van der Waals surface area contributed by atoms with Crippen LogP contribution in [0, 0.1) is 29.4 Å². The third kappa shape index (κ3) is 17.2. The summed E-state index contributed by atoms with van der Waals surface area (Å²) in [5.74, 6) is -4.46. The molecular weight excluding hydrogens is 1060 g/mol. The Kier molecular flexibility index (Phi) is 22.2. The fourth-order valence-corrected chi connectivity index (χ4v) is 10.4. The molecule has 2 saturated heterocycles. The van der Waals surface area contributed by atoms with Crippen LogP contribution >= 0.6 is 0 Å². The number of carbonyl (C=O) groups excluding carboxylic acids is 8. The van der Waals surface area contributed by atoms with Crippen molar-refractivity contribution < 1.29 is 61.7 Å². The molecule has 4 aromatic rings. The van der Waals surface area contributed by atoms with Gasteiger partial charge in [0.2, 0.25) is 17.7 Å². The van der Waals surface area contributed by atoms with Crippen molar-refractivity contribution in [2.24, 2.45) is 23.5 Å². The van der Waals surface area contributed by atoms with Crippen molar-refractivity contribution in [3.05, 3.63) is 120 Å². The summed E-state index contributed by atoms with van der Waals surface area (Å²) in [6.45, 7) is 7.02. The lowest BCUT2D eigenvalue weighted by atomic mass is 9.88. The van der Waals surface area contributed by atoms with Gasteiger partial charge in [-0.05, 0) is 111 Å². The number of amides is 9. The Morgan fingerprint density at radius 1 is 0.866 bits per heavy atom. The number of imide groups is 1. The lowest BCUT2D eigenvalue weighted by molar-refractivity contribution is -0.145. The molecule has 0 saturated carbocycles. The number of aromatic nitrogens is 2.